The van der Waals surface area contributed by atoms with Crippen LogP contribution in [-0.4, -0.2) is 16.7 Å². The number of amides is 1. The average Bonchev–Trinajstić information content (AvgIpc) is 2.18. The molecule has 0 aromatic carbocycles. The third-order valence-corrected chi connectivity index (χ3v) is 1.85. The van der Waals surface area contributed by atoms with Crippen LogP contribution >= 0.6 is 0 Å². The fourth-order valence-corrected chi connectivity index (χ4v) is 1.14. The smallest absolute Gasteiger partial charge is 0.412 e. The zero-order valence-corrected chi connectivity index (χ0v) is 10.4. The van der Waals surface area contributed by atoms with Crippen LogP contribution in [0.1, 0.15) is 32.0 Å². The number of hydrogen-bond donors (Lipinski definition) is 1. The van der Waals surface area contributed by atoms with E-state index in [9.17, 15) is 4.79 Å². The standard InChI is InChI=1S/C12H15N3O2/c1-8-9(6-13)5-10(7-14-8)15-11(16)17-12(2,3)4/h5,7H,1-4H3,(H,15,16). The number of anilines is 1. The van der Waals surface area contributed by atoms with Crippen molar-refractivity contribution in [3.8, 4) is 6.07 Å². The van der Waals surface area contributed by atoms with Gasteiger partial charge in [-0.25, -0.2) is 4.79 Å². The predicted molar refractivity (Wildman–Crippen MR) is 63.5 cm³/mol. The van der Waals surface area contributed by atoms with Gasteiger partial charge < -0.3 is 4.74 Å². The van der Waals surface area contributed by atoms with Crippen molar-refractivity contribution in [2.24, 2.45) is 0 Å². The Balaban J connectivity index is 2.77. The SMILES string of the molecule is Cc1ncc(NC(=O)OC(C)(C)C)cc1C#N. The molecule has 1 aromatic rings. The molecule has 0 bridgehead atoms. The second kappa shape index (κ2) is 4.83. The lowest BCUT2D eigenvalue weighted by atomic mass is 10.2. The fraction of sp³-hybridized carbons (Fsp3) is 0.417. The number of hydrogen-bond acceptors (Lipinski definition) is 4. The zero-order valence-electron chi connectivity index (χ0n) is 10.4. The van der Waals surface area contributed by atoms with Crippen molar-refractivity contribution in [1.82, 2.24) is 4.98 Å². The number of nitrogens with zero attached hydrogens (tertiary/aromatic N) is 2. The summed E-state index contributed by atoms with van der Waals surface area (Å²) in [7, 11) is 0. The predicted octanol–water partition coefficient (Wildman–Crippen LogP) is 2.61. The molecule has 0 radical (unpaired) electrons. The highest BCUT2D eigenvalue weighted by molar-refractivity contribution is 5.84. The Hall–Kier alpha value is -2.09. The summed E-state index contributed by atoms with van der Waals surface area (Å²) in [5.74, 6) is 0. The Morgan fingerprint density at radius 2 is 2.18 bits per heavy atom. The van der Waals surface area contributed by atoms with Gasteiger partial charge in [-0.3, -0.25) is 10.3 Å². The van der Waals surface area contributed by atoms with Gasteiger partial charge >= 0.3 is 6.09 Å². The maximum atomic E-state index is 11.5. The van der Waals surface area contributed by atoms with E-state index in [1.165, 1.54) is 6.20 Å². The van der Waals surface area contributed by atoms with Crippen LogP contribution in [0, 0.1) is 18.3 Å². The maximum absolute atomic E-state index is 11.5. The van der Waals surface area contributed by atoms with Gasteiger partial charge in [0.15, 0.2) is 0 Å². The van der Waals surface area contributed by atoms with Gasteiger partial charge in [-0.05, 0) is 33.8 Å². The van der Waals surface area contributed by atoms with Crippen molar-refractivity contribution in [2.75, 3.05) is 5.32 Å². The molecular weight excluding hydrogens is 218 g/mol. The Labute approximate surface area is 100 Å². The summed E-state index contributed by atoms with van der Waals surface area (Å²) < 4.78 is 5.08. The third kappa shape index (κ3) is 4.11. The largest absolute Gasteiger partial charge is 0.444 e. The highest BCUT2D eigenvalue weighted by Gasteiger charge is 2.16. The monoisotopic (exact) mass is 233 g/mol. The quantitative estimate of drug-likeness (QED) is 0.809. The highest BCUT2D eigenvalue weighted by Crippen LogP contribution is 2.13. The van der Waals surface area contributed by atoms with Crippen LogP contribution < -0.4 is 5.32 Å². The number of carbonyl (C=O) groups excluding carboxylic acids is 1. The average molecular weight is 233 g/mol. The normalized spacial score (nSPS) is 10.5. The van der Waals surface area contributed by atoms with E-state index in [-0.39, 0.29) is 0 Å². The number of nitrogens with one attached hydrogen (secondary N) is 1. The molecule has 0 aliphatic rings. The second-order valence-electron chi connectivity index (χ2n) is 4.60. The number of pyridine rings is 1. The summed E-state index contributed by atoms with van der Waals surface area (Å²) >= 11 is 0. The molecule has 1 aromatic heterocycles. The minimum atomic E-state index is -0.563. The van der Waals surface area contributed by atoms with Gasteiger partial charge in [-0.2, -0.15) is 5.26 Å². The van der Waals surface area contributed by atoms with Crippen LogP contribution in [-0.2, 0) is 4.74 Å². The van der Waals surface area contributed by atoms with Gasteiger partial charge in [0.2, 0.25) is 0 Å². The Morgan fingerprint density at radius 3 is 2.71 bits per heavy atom. The molecule has 17 heavy (non-hydrogen) atoms. The molecule has 5 nitrogen and oxygen atoms in total. The molecule has 0 aliphatic carbocycles. The van der Waals surface area contributed by atoms with Crippen LogP contribution in [0.15, 0.2) is 12.3 Å². The first-order chi connectivity index (χ1) is 7.81. The van der Waals surface area contributed by atoms with Crippen LogP contribution in [0.5, 0.6) is 0 Å². The summed E-state index contributed by atoms with van der Waals surface area (Å²) in [5, 5.41) is 11.4. The fourth-order valence-electron chi connectivity index (χ4n) is 1.14. The molecule has 0 saturated carbocycles. The molecule has 1 amide bonds. The summed E-state index contributed by atoms with van der Waals surface area (Å²) in [6.45, 7) is 7.07. The van der Waals surface area contributed by atoms with E-state index < -0.39 is 11.7 Å². The molecule has 5 heteroatoms. The van der Waals surface area contributed by atoms with E-state index in [4.69, 9.17) is 10.00 Å². The topological polar surface area (TPSA) is 75.0 Å². The maximum Gasteiger partial charge on any atom is 0.412 e. The van der Waals surface area contributed by atoms with Crippen molar-refractivity contribution < 1.29 is 9.53 Å². The first-order valence-electron chi connectivity index (χ1n) is 5.18. The minimum absolute atomic E-state index is 0.429. The molecule has 0 spiro atoms. The Kier molecular flexibility index (Phi) is 3.69. The van der Waals surface area contributed by atoms with E-state index in [1.54, 1.807) is 33.8 Å². The number of ether oxygens (including phenoxy) is 1. The molecule has 0 aliphatic heterocycles. The first kappa shape index (κ1) is 13.0. The second-order valence-corrected chi connectivity index (χ2v) is 4.60. The van der Waals surface area contributed by atoms with Crippen molar-refractivity contribution in [2.45, 2.75) is 33.3 Å². The number of aryl methyl sites for hydroxylation is 1. The van der Waals surface area contributed by atoms with Gasteiger partial charge in [0.1, 0.15) is 11.7 Å². The lowest BCUT2D eigenvalue weighted by Crippen LogP contribution is -2.27. The van der Waals surface area contributed by atoms with Gasteiger partial charge in [0.05, 0.1) is 23.1 Å². The van der Waals surface area contributed by atoms with Gasteiger partial charge in [-0.1, -0.05) is 0 Å². The number of rotatable bonds is 1. The Bertz CT molecular complexity index is 470. The van der Waals surface area contributed by atoms with Gasteiger partial charge in [0, 0.05) is 0 Å². The van der Waals surface area contributed by atoms with Gasteiger partial charge in [-0.15, -0.1) is 0 Å². The van der Waals surface area contributed by atoms with Crippen molar-refractivity contribution in [3.63, 3.8) is 0 Å². The van der Waals surface area contributed by atoms with Crippen LogP contribution in [0.2, 0.25) is 0 Å². The summed E-state index contributed by atoms with van der Waals surface area (Å²) in [6, 6.07) is 3.56. The van der Waals surface area contributed by atoms with E-state index in [1.807, 2.05) is 6.07 Å². The molecule has 90 valence electrons. The summed E-state index contributed by atoms with van der Waals surface area (Å²) in [4.78, 5) is 15.5. The molecule has 0 atom stereocenters. The van der Waals surface area contributed by atoms with Crippen molar-refractivity contribution >= 4 is 11.8 Å². The van der Waals surface area contributed by atoms with Crippen LogP contribution in [0.25, 0.3) is 0 Å². The highest BCUT2D eigenvalue weighted by atomic mass is 16.6. The molecule has 1 heterocycles. The van der Waals surface area contributed by atoms with Crippen molar-refractivity contribution in [1.29, 1.82) is 5.26 Å². The molecule has 0 unspecified atom stereocenters. The van der Waals surface area contributed by atoms with Crippen LogP contribution in [0.4, 0.5) is 10.5 Å². The first-order valence-corrected chi connectivity index (χ1v) is 5.18. The van der Waals surface area contributed by atoms with E-state index in [0.29, 0.717) is 16.9 Å². The molecule has 1 rings (SSSR count). The molecule has 0 saturated heterocycles. The third-order valence-electron chi connectivity index (χ3n) is 1.85. The summed E-state index contributed by atoms with van der Waals surface area (Å²) in [6.07, 6.45) is 0.923. The molecular formula is C12H15N3O2. The Morgan fingerprint density at radius 1 is 1.53 bits per heavy atom. The van der Waals surface area contributed by atoms with Gasteiger partial charge in [0.25, 0.3) is 0 Å². The molecule has 1 N–H and O–H groups in total. The lowest BCUT2D eigenvalue weighted by molar-refractivity contribution is 0.0636. The summed E-state index contributed by atoms with van der Waals surface area (Å²) in [5.41, 5.74) is 0.947. The zero-order chi connectivity index (χ0) is 13.1. The number of aromatic nitrogens is 1. The van der Waals surface area contributed by atoms with Crippen molar-refractivity contribution in [3.05, 3.63) is 23.5 Å². The molecule has 0 fully saturated rings. The number of carbonyl (C=O) groups is 1. The minimum Gasteiger partial charge on any atom is -0.444 e. The van der Waals surface area contributed by atoms with Crippen LogP contribution in [0.3, 0.4) is 0 Å². The lowest BCUT2D eigenvalue weighted by Gasteiger charge is -2.19. The number of nitriles is 1. The van der Waals surface area contributed by atoms with E-state index >= 15 is 0 Å². The van der Waals surface area contributed by atoms with E-state index in [0.717, 1.165) is 0 Å². The van der Waals surface area contributed by atoms with E-state index in [2.05, 4.69) is 10.3 Å².